The van der Waals surface area contributed by atoms with Crippen molar-refractivity contribution in [1.82, 2.24) is 9.80 Å². The van der Waals surface area contributed by atoms with Crippen LogP contribution in [0.4, 0.5) is 29.3 Å². The lowest BCUT2D eigenvalue weighted by molar-refractivity contribution is -0.137. The molecule has 1 N–H and O–H groups in total. The molecule has 0 aliphatic carbocycles. The van der Waals surface area contributed by atoms with Gasteiger partial charge in [-0.2, -0.15) is 13.2 Å². The Morgan fingerprint density at radius 2 is 1.70 bits per heavy atom. The van der Waals surface area contributed by atoms with Crippen molar-refractivity contribution in [3.05, 3.63) is 82.9 Å². The molecule has 3 aromatic carbocycles. The van der Waals surface area contributed by atoms with Gasteiger partial charge in [0, 0.05) is 31.9 Å². The molecular formula is C28H27F3N4O2. The lowest BCUT2D eigenvalue weighted by atomic mass is 10.1. The molecule has 2 amide bonds. The Kier molecular flexibility index (Phi) is 6.54. The number of urea groups is 1. The molecule has 0 bridgehead atoms. The molecule has 1 saturated heterocycles. The number of aryl methyl sites for hydroxylation is 2. The van der Waals surface area contributed by atoms with E-state index in [0.29, 0.717) is 38.3 Å². The van der Waals surface area contributed by atoms with E-state index in [2.05, 4.69) is 16.3 Å². The number of nitrogens with zero attached hydrogens (tertiary/aromatic N) is 3. The molecule has 5 rings (SSSR count). The van der Waals surface area contributed by atoms with Gasteiger partial charge in [-0.05, 0) is 68.3 Å². The van der Waals surface area contributed by atoms with E-state index in [4.69, 9.17) is 9.73 Å². The van der Waals surface area contributed by atoms with Crippen molar-refractivity contribution >= 4 is 23.2 Å². The van der Waals surface area contributed by atoms with Gasteiger partial charge in [-0.25, -0.2) is 9.79 Å². The molecule has 0 radical (unpaired) electrons. The molecule has 0 unspecified atom stereocenters. The van der Waals surface area contributed by atoms with Crippen LogP contribution in [0, 0.1) is 13.8 Å². The van der Waals surface area contributed by atoms with Crippen LogP contribution < -0.4 is 10.1 Å². The standard InChI is InChI=1S/C28H27F3N4O2/c1-18-8-10-24-22(15-18)26(33-23-9-7-19(2)16-25(23)37-24)34-11-4-12-35(14-13-34)27(36)32-21-6-3-5-20(17-21)28(29,30)31/h3,5-10,15-17H,4,11-14H2,1-2H3,(H,32,36). The number of rotatable bonds is 1. The van der Waals surface area contributed by atoms with Crippen molar-refractivity contribution < 1.29 is 22.7 Å². The van der Waals surface area contributed by atoms with Crippen molar-refractivity contribution in [1.29, 1.82) is 0 Å². The predicted molar refractivity (Wildman–Crippen MR) is 137 cm³/mol. The van der Waals surface area contributed by atoms with E-state index in [1.165, 1.54) is 12.1 Å². The fourth-order valence-electron chi connectivity index (χ4n) is 4.55. The number of amidine groups is 1. The molecule has 2 aliphatic heterocycles. The van der Waals surface area contributed by atoms with Gasteiger partial charge >= 0.3 is 12.2 Å². The SMILES string of the molecule is Cc1ccc2c(c1)Oc1ccc(C)cc1C(N1CCCN(C(=O)Nc3cccc(C(F)(F)F)c3)CC1)=N2. The number of hydrogen-bond acceptors (Lipinski definition) is 4. The zero-order valence-corrected chi connectivity index (χ0v) is 20.6. The van der Waals surface area contributed by atoms with Crippen LogP contribution in [0.1, 0.15) is 28.7 Å². The summed E-state index contributed by atoms with van der Waals surface area (Å²) in [6.07, 6.45) is -3.79. The van der Waals surface area contributed by atoms with Crippen LogP contribution in [0.25, 0.3) is 0 Å². The molecule has 0 atom stereocenters. The molecule has 9 heteroatoms. The van der Waals surface area contributed by atoms with Crippen molar-refractivity contribution in [3.8, 4) is 11.5 Å². The molecule has 0 aromatic heterocycles. The Morgan fingerprint density at radius 1 is 0.919 bits per heavy atom. The van der Waals surface area contributed by atoms with E-state index in [9.17, 15) is 18.0 Å². The van der Waals surface area contributed by atoms with Crippen molar-refractivity contribution in [2.24, 2.45) is 4.99 Å². The quantitative estimate of drug-likeness (QED) is 0.396. The number of amides is 2. The molecule has 0 spiro atoms. The van der Waals surface area contributed by atoms with E-state index in [1.807, 2.05) is 44.2 Å². The maximum Gasteiger partial charge on any atom is 0.416 e. The van der Waals surface area contributed by atoms with Crippen LogP contribution in [0.2, 0.25) is 0 Å². The average Bonchev–Trinajstić information content (AvgIpc) is 3.18. The highest BCUT2D eigenvalue weighted by Gasteiger charge is 2.31. The summed E-state index contributed by atoms with van der Waals surface area (Å²) in [6.45, 7) is 6.07. The summed E-state index contributed by atoms with van der Waals surface area (Å²) in [7, 11) is 0. The summed E-state index contributed by atoms with van der Waals surface area (Å²) in [5.41, 5.74) is 3.08. The number of halogens is 3. The van der Waals surface area contributed by atoms with Crippen LogP contribution in [0.15, 0.2) is 65.7 Å². The summed E-state index contributed by atoms with van der Waals surface area (Å²) in [5, 5.41) is 2.62. The minimum atomic E-state index is -4.47. The molecule has 2 heterocycles. The van der Waals surface area contributed by atoms with Gasteiger partial charge in [-0.15, -0.1) is 0 Å². The van der Waals surface area contributed by atoms with Gasteiger partial charge in [0.05, 0.1) is 11.1 Å². The number of nitrogens with one attached hydrogen (secondary N) is 1. The van der Waals surface area contributed by atoms with Crippen LogP contribution in [-0.4, -0.2) is 47.8 Å². The average molecular weight is 509 g/mol. The maximum absolute atomic E-state index is 13.1. The second kappa shape index (κ2) is 9.80. The van der Waals surface area contributed by atoms with Gasteiger partial charge in [-0.3, -0.25) is 0 Å². The zero-order valence-electron chi connectivity index (χ0n) is 20.6. The van der Waals surface area contributed by atoms with Gasteiger partial charge < -0.3 is 19.9 Å². The highest BCUT2D eigenvalue weighted by atomic mass is 19.4. The van der Waals surface area contributed by atoms with Crippen molar-refractivity contribution in [2.75, 3.05) is 31.5 Å². The molecule has 6 nitrogen and oxygen atoms in total. The molecule has 0 saturated carbocycles. The Labute approximate surface area is 213 Å². The molecule has 1 fully saturated rings. The minimum absolute atomic E-state index is 0.113. The minimum Gasteiger partial charge on any atom is -0.454 e. The number of aliphatic imine (C=N–C) groups is 1. The number of carbonyl (C=O) groups excluding carboxylic acids is 1. The highest BCUT2D eigenvalue weighted by molar-refractivity contribution is 6.04. The first-order valence-corrected chi connectivity index (χ1v) is 12.1. The number of benzene rings is 3. The van der Waals surface area contributed by atoms with E-state index >= 15 is 0 Å². The van der Waals surface area contributed by atoms with E-state index in [1.54, 1.807) is 4.90 Å². The Bertz CT molecular complexity index is 1370. The van der Waals surface area contributed by atoms with E-state index in [-0.39, 0.29) is 5.69 Å². The number of fused-ring (bicyclic) bond motifs is 2. The van der Waals surface area contributed by atoms with Gasteiger partial charge in [0.25, 0.3) is 0 Å². The molecule has 192 valence electrons. The number of ether oxygens (including phenoxy) is 1. The van der Waals surface area contributed by atoms with E-state index in [0.717, 1.165) is 46.1 Å². The normalized spacial score (nSPS) is 15.5. The Hall–Kier alpha value is -4.01. The Balaban J connectivity index is 1.37. The largest absolute Gasteiger partial charge is 0.454 e. The first kappa shape index (κ1) is 24.7. The first-order valence-electron chi connectivity index (χ1n) is 12.1. The summed E-state index contributed by atoms with van der Waals surface area (Å²) in [5.74, 6) is 2.19. The molecule has 3 aromatic rings. The van der Waals surface area contributed by atoms with Crippen LogP contribution in [0.5, 0.6) is 11.5 Å². The third-order valence-corrected chi connectivity index (χ3v) is 6.46. The summed E-state index contributed by atoms with van der Waals surface area (Å²) in [4.78, 5) is 21.7. The Morgan fingerprint density at radius 3 is 2.51 bits per heavy atom. The van der Waals surface area contributed by atoms with Gasteiger partial charge in [0.1, 0.15) is 17.3 Å². The molecule has 2 aliphatic rings. The highest BCUT2D eigenvalue weighted by Crippen LogP contribution is 2.39. The second-order valence-electron chi connectivity index (χ2n) is 9.34. The number of hydrogen-bond donors (Lipinski definition) is 1. The smallest absolute Gasteiger partial charge is 0.416 e. The fourth-order valence-corrected chi connectivity index (χ4v) is 4.55. The summed E-state index contributed by atoms with van der Waals surface area (Å²) < 4.78 is 45.4. The number of anilines is 1. The van der Waals surface area contributed by atoms with Crippen LogP contribution in [-0.2, 0) is 6.18 Å². The third-order valence-electron chi connectivity index (χ3n) is 6.46. The van der Waals surface area contributed by atoms with Crippen LogP contribution >= 0.6 is 0 Å². The number of carbonyl (C=O) groups is 1. The summed E-state index contributed by atoms with van der Waals surface area (Å²) in [6, 6.07) is 16.1. The van der Waals surface area contributed by atoms with Gasteiger partial charge in [0.2, 0.25) is 0 Å². The molecular weight excluding hydrogens is 481 g/mol. The first-order chi connectivity index (χ1) is 17.7. The monoisotopic (exact) mass is 508 g/mol. The number of alkyl halides is 3. The topological polar surface area (TPSA) is 57.2 Å². The lowest BCUT2D eigenvalue weighted by Gasteiger charge is -2.25. The second-order valence-corrected chi connectivity index (χ2v) is 9.34. The lowest BCUT2D eigenvalue weighted by Crippen LogP contribution is -2.39. The van der Waals surface area contributed by atoms with Crippen LogP contribution in [0.3, 0.4) is 0 Å². The van der Waals surface area contributed by atoms with Crippen molar-refractivity contribution in [3.63, 3.8) is 0 Å². The zero-order chi connectivity index (χ0) is 26.2. The summed E-state index contributed by atoms with van der Waals surface area (Å²) >= 11 is 0. The van der Waals surface area contributed by atoms with E-state index < -0.39 is 17.8 Å². The third kappa shape index (κ3) is 5.40. The molecule has 37 heavy (non-hydrogen) atoms. The van der Waals surface area contributed by atoms with Gasteiger partial charge in [-0.1, -0.05) is 23.8 Å². The van der Waals surface area contributed by atoms with Crippen molar-refractivity contribution in [2.45, 2.75) is 26.4 Å². The maximum atomic E-state index is 13.1. The fraction of sp³-hybridized carbons (Fsp3) is 0.286. The van der Waals surface area contributed by atoms with Gasteiger partial charge in [0.15, 0.2) is 5.75 Å². The predicted octanol–water partition coefficient (Wildman–Crippen LogP) is 6.75.